The van der Waals surface area contributed by atoms with Crippen molar-refractivity contribution in [2.45, 2.75) is 91.9 Å². The second-order valence-electron chi connectivity index (χ2n) is 11.6. The molecule has 158 valence electrons. The average molecular weight is 389 g/mol. The van der Waals surface area contributed by atoms with E-state index in [0.717, 1.165) is 18.8 Å². The second-order valence-corrected chi connectivity index (χ2v) is 11.6. The largest absolute Gasteiger partial charge is 0.481 e. The van der Waals surface area contributed by atoms with Crippen LogP contribution in [-0.2, 0) is 9.59 Å². The van der Waals surface area contributed by atoms with E-state index in [1.165, 1.54) is 44.9 Å². The predicted octanol–water partition coefficient (Wildman–Crippen LogP) is 5.96. The van der Waals surface area contributed by atoms with Crippen molar-refractivity contribution in [1.29, 1.82) is 0 Å². The van der Waals surface area contributed by atoms with Crippen molar-refractivity contribution in [2.24, 2.45) is 52.3 Å². The second kappa shape index (κ2) is 7.13. The van der Waals surface area contributed by atoms with Gasteiger partial charge in [-0.1, -0.05) is 34.1 Å². The van der Waals surface area contributed by atoms with Crippen LogP contribution in [0, 0.1) is 52.3 Å². The average Bonchev–Trinajstić information content (AvgIpc) is 2.98. The molecule has 3 nitrogen and oxygen atoms in total. The lowest BCUT2D eigenvalue weighted by molar-refractivity contribution is -0.158. The van der Waals surface area contributed by atoms with Gasteiger partial charge in [0.15, 0.2) is 0 Å². The molecule has 0 saturated heterocycles. The fraction of sp³-hybridized carbons (Fsp3) is 0.920. The molecule has 4 unspecified atom stereocenters. The van der Waals surface area contributed by atoms with Crippen molar-refractivity contribution in [2.75, 3.05) is 0 Å². The summed E-state index contributed by atoms with van der Waals surface area (Å²) in [5.74, 6) is 3.74. The highest BCUT2D eigenvalue weighted by atomic mass is 16.4. The molecule has 4 fully saturated rings. The van der Waals surface area contributed by atoms with Crippen molar-refractivity contribution >= 4 is 11.8 Å². The van der Waals surface area contributed by atoms with Gasteiger partial charge in [0.25, 0.3) is 0 Å². The summed E-state index contributed by atoms with van der Waals surface area (Å²) in [5, 5.41) is 9.10. The van der Waals surface area contributed by atoms with Crippen molar-refractivity contribution < 1.29 is 14.7 Å². The Balaban J connectivity index is 1.56. The Morgan fingerprint density at radius 3 is 2.50 bits per heavy atom. The molecule has 0 bridgehead atoms. The molecule has 3 heteroatoms. The predicted molar refractivity (Wildman–Crippen MR) is 111 cm³/mol. The lowest BCUT2D eigenvalue weighted by Crippen LogP contribution is -2.57. The van der Waals surface area contributed by atoms with Crippen LogP contribution >= 0.6 is 0 Å². The van der Waals surface area contributed by atoms with Crippen molar-refractivity contribution in [1.82, 2.24) is 0 Å². The Labute approximate surface area is 171 Å². The first-order chi connectivity index (χ1) is 13.2. The van der Waals surface area contributed by atoms with Gasteiger partial charge in [0.05, 0.1) is 0 Å². The third kappa shape index (κ3) is 3.06. The maximum absolute atomic E-state index is 13.4. The minimum absolute atomic E-state index is 0.236. The zero-order chi connectivity index (χ0) is 20.3. The van der Waals surface area contributed by atoms with Crippen LogP contribution in [0.5, 0.6) is 0 Å². The first-order valence-electron chi connectivity index (χ1n) is 11.9. The van der Waals surface area contributed by atoms with Crippen LogP contribution in [0.3, 0.4) is 0 Å². The molecule has 9 atom stereocenters. The Morgan fingerprint density at radius 1 is 1.11 bits per heavy atom. The standard InChI is InChI=1S/C25H40O3/c1-15-9-11-24(3)17(13-15)14-21(26)23-19-7-6-18(16(2)5-8-22(27)28)25(19,4)12-10-20(23)24/h15-20,23H,5-14H2,1-4H3,(H,27,28)/t15-,16?,17+,18+,19?,20?,23?,24-,25+/m0/s1. The van der Waals surface area contributed by atoms with Crippen molar-refractivity contribution in [3.05, 3.63) is 0 Å². The quantitative estimate of drug-likeness (QED) is 0.646. The van der Waals surface area contributed by atoms with E-state index < -0.39 is 5.97 Å². The molecule has 4 rings (SSSR count). The van der Waals surface area contributed by atoms with E-state index in [1.54, 1.807) is 0 Å². The number of carboxylic acids is 1. The summed E-state index contributed by atoms with van der Waals surface area (Å²) >= 11 is 0. The van der Waals surface area contributed by atoms with Crippen LogP contribution in [0.15, 0.2) is 0 Å². The lowest BCUT2D eigenvalue weighted by Gasteiger charge is -2.60. The Morgan fingerprint density at radius 2 is 1.79 bits per heavy atom. The lowest BCUT2D eigenvalue weighted by atomic mass is 9.43. The summed E-state index contributed by atoms with van der Waals surface area (Å²) in [6.45, 7) is 9.61. The van der Waals surface area contributed by atoms with E-state index >= 15 is 0 Å². The van der Waals surface area contributed by atoms with E-state index in [0.29, 0.717) is 40.8 Å². The molecule has 4 aliphatic rings. The number of ketones is 1. The molecular weight excluding hydrogens is 348 g/mol. The van der Waals surface area contributed by atoms with Crippen molar-refractivity contribution in [3.8, 4) is 0 Å². The number of carbonyl (C=O) groups excluding carboxylic acids is 1. The third-order valence-corrected chi connectivity index (χ3v) is 10.3. The number of Topliss-reactive ketones (excluding diaryl/α,β-unsaturated/α-hetero) is 1. The fourth-order valence-electron chi connectivity index (χ4n) is 8.67. The van der Waals surface area contributed by atoms with E-state index in [4.69, 9.17) is 5.11 Å². The fourth-order valence-corrected chi connectivity index (χ4v) is 8.67. The maximum atomic E-state index is 13.4. The summed E-state index contributed by atoms with van der Waals surface area (Å²) in [5.41, 5.74) is 0.610. The monoisotopic (exact) mass is 388 g/mol. The molecule has 0 aromatic rings. The zero-order valence-electron chi connectivity index (χ0n) is 18.4. The number of carboxylic acid groups (broad SMARTS) is 1. The normalized spacial score (nSPS) is 49.1. The maximum Gasteiger partial charge on any atom is 0.303 e. The van der Waals surface area contributed by atoms with Crippen molar-refractivity contribution in [3.63, 3.8) is 0 Å². The highest BCUT2D eigenvalue weighted by Gasteiger charge is 2.62. The molecule has 0 amide bonds. The van der Waals surface area contributed by atoms with E-state index in [1.807, 2.05) is 0 Å². The molecule has 4 saturated carbocycles. The number of hydrogen-bond donors (Lipinski definition) is 1. The summed E-state index contributed by atoms with van der Waals surface area (Å²) in [6.07, 6.45) is 10.6. The number of carbonyl (C=O) groups is 2. The summed E-state index contributed by atoms with van der Waals surface area (Å²) < 4.78 is 0. The van der Waals surface area contributed by atoms with E-state index in [-0.39, 0.29) is 17.8 Å². The Bertz CT molecular complexity index is 642. The first kappa shape index (κ1) is 20.4. The van der Waals surface area contributed by atoms with Gasteiger partial charge in [-0.25, -0.2) is 0 Å². The van der Waals surface area contributed by atoms with E-state index in [2.05, 4.69) is 27.7 Å². The van der Waals surface area contributed by atoms with Crippen LogP contribution in [0.2, 0.25) is 0 Å². The summed E-state index contributed by atoms with van der Waals surface area (Å²) in [6, 6.07) is 0. The van der Waals surface area contributed by atoms with Gasteiger partial charge in [-0.15, -0.1) is 0 Å². The van der Waals surface area contributed by atoms with Crippen LogP contribution in [0.4, 0.5) is 0 Å². The van der Waals surface area contributed by atoms with Gasteiger partial charge in [0.1, 0.15) is 5.78 Å². The number of fused-ring (bicyclic) bond motifs is 5. The minimum atomic E-state index is -0.678. The minimum Gasteiger partial charge on any atom is -0.481 e. The van der Waals surface area contributed by atoms with Gasteiger partial charge in [0, 0.05) is 18.8 Å². The highest BCUT2D eigenvalue weighted by Crippen LogP contribution is 2.67. The van der Waals surface area contributed by atoms with E-state index in [9.17, 15) is 9.59 Å². The van der Waals surface area contributed by atoms with Crippen LogP contribution in [0.1, 0.15) is 91.9 Å². The molecule has 4 aliphatic carbocycles. The Hall–Kier alpha value is -0.860. The first-order valence-corrected chi connectivity index (χ1v) is 11.9. The van der Waals surface area contributed by atoms with Gasteiger partial charge in [-0.3, -0.25) is 9.59 Å². The van der Waals surface area contributed by atoms with Gasteiger partial charge < -0.3 is 5.11 Å². The molecule has 0 aliphatic heterocycles. The molecule has 28 heavy (non-hydrogen) atoms. The SMILES string of the molecule is CC(CCC(=O)O)[C@H]1CCC2C3C(=O)C[C@H]4C[C@@H](C)CC[C@]4(C)C3CC[C@@]21C. The van der Waals surface area contributed by atoms with Crippen LogP contribution in [-0.4, -0.2) is 16.9 Å². The van der Waals surface area contributed by atoms with Gasteiger partial charge in [0.2, 0.25) is 0 Å². The zero-order valence-corrected chi connectivity index (χ0v) is 18.4. The molecule has 1 N–H and O–H groups in total. The smallest absolute Gasteiger partial charge is 0.303 e. The molecule has 0 heterocycles. The number of rotatable bonds is 4. The Kier molecular flexibility index (Phi) is 5.20. The molecular formula is C25H40O3. The molecule has 0 spiro atoms. The van der Waals surface area contributed by atoms with Gasteiger partial charge in [-0.05, 0) is 91.3 Å². The summed E-state index contributed by atoms with van der Waals surface area (Å²) in [4.78, 5) is 24.5. The van der Waals surface area contributed by atoms with Gasteiger partial charge >= 0.3 is 5.97 Å². The highest BCUT2D eigenvalue weighted by molar-refractivity contribution is 5.83. The van der Waals surface area contributed by atoms with Crippen LogP contribution < -0.4 is 0 Å². The topological polar surface area (TPSA) is 54.4 Å². The third-order valence-electron chi connectivity index (χ3n) is 10.3. The molecule has 0 aromatic heterocycles. The number of aliphatic carboxylic acids is 1. The van der Waals surface area contributed by atoms with Gasteiger partial charge in [-0.2, -0.15) is 0 Å². The van der Waals surface area contributed by atoms with Crippen LogP contribution in [0.25, 0.3) is 0 Å². The molecule has 0 radical (unpaired) electrons. The number of hydrogen-bond acceptors (Lipinski definition) is 2. The molecule has 0 aromatic carbocycles. The summed E-state index contributed by atoms with van der Waals surface area (Å²) in [7, 11) is 0.